The second-order valence-corrected chi connectivity index (χ2v) is 7.81. The average Bonchev–Trinajstić information content (AvgIpc) is 3.39. The summed E-state index contributed by atoms with van der Waals surface area (Å²) >= 11 is 0. The van der Waals surface area contributed by atoms with E-state index in [0.29, 0.717) is 30.3 Å². The number of aromatic nitrogens is 3. The molecule has 0 spiro atoms. The molecule has 2 aromatic heterocycles. The third kappa shape index (κ3) is 3.25. The lowest BCUT2D eigenvalue weighted by Gasteiger charge is -2.46. The summed E-state index contributed by atoms with van der Waals surface area (Å²) in [6.45, 7) is 3.50. The highest BCUT2D eigenvalue weighted by molar-refractivity contribution is 5.77. The number of hydrogen-bond acceptors (Lipinski definition) is 5. The number of likely N-dealkylation sites (tertiary alicyclic amines) is 1. The van der Waals surface area contributed by atoms with Gasteiger partial charge in [-0.25, -0.2) is 4.98 Å². The van der Waals surface area contributed by atoms with Crippen LogP contribution in [0.3, 0.4) is 0 Å². The minimum Gasteiger partial charge on any atom is -0.423 e. The molecular weight excluding hydrogens is 354 g/mol. The molecule has 28 heavy (non-hydrogen) atoms. The van der Waals surface area contributed by atoms with E-state index in [2.05, 4.69) is 24.3 Å². The van der Waals surface area contributed by atoms with Crippen LogP contribution in [-0.4, -0.2) is 51.0 Å². The zero-order chi connectivity index (χ0) is 18.9. The molecule has 1 aromatic carbocycles. The Morgan fingerprint density at radius 3 is 2.96 bits per heavy atom. The first kappa shape index (κ1) is 17.3. The van der Waals surface area contributed by atoms with Gasteiger partial charge in [0.1, 0.15) is 5.52 Å². The molecule has 2 atom stereocenters. The number of piperidine rings is 2. The number of amides is 1. The molecule has 1 amide bonds. The quantitative estimate of drug-likeness (QED) is 0.682. The van der Waals surface area contributed by atoms with E-state index >= 15 is 0 Å². The first-order valence-corrected chi connectivity index (χ1v) is 10.1. The summed E-state index contributed by atoms with van der Waals surface area (Å²) in [5.41, 5.74) is 1.74. The topological polar surface area (TPSA) is 67.4 Å². The van der Waals surface area contributed by atoms with Crippen molar-refractivity contribution in [3.05, 3.63) is 43.0 Å². The molecule has 4 heterocycles. The Morgan fingerprint density at radius 1 is 1.18 bits per heavy atom. The molecule has 0 aliphatic carbocycles. The van der Waals surface area contributed by atoms with E-state index < -0.39 is 0 Å². The van der Waals surface area contributed by atoms with Crippen molar-refractivity contribution in [2.75, 3.05) is 24.5 Å². The van der Waals surface area contributed by atoms with E-state index in [1.807, 2.05) is 36.8 Å². The Morgan fingerprint density at radius 2 is 2.11 bits per heavy atom. The fourth-order valence-electron chi connectivity index (χ4n) is 4.65. The SMILES string of the molecule is O=C1CC[C@@H]2CN(c3nc4ccccc4o3)CC[C@@H]2N1CCCn1ccnc1. The van der Waals surface area contributed by atoms with E-state index in [1.165, 1.54) is 0 Å². The molecular formula is C21H25N5O2. The number of imidazole rings is 1. The molecule has 2 fully saturated rings. The van der Waals surface area contributed by atoms with Crippen LogP contribution in [0.4, 0.5) is 6.01 Å². The number of oxazole rings is 1. The molecule has 2 aliphatic heterocycles. The van der Waals surface area contributed by atoms with Gasteiger partial charge in [-0.15, -0.1) is 0 Å². The molecule has 146 valence electrons. The predicted molar refractivity (Wildman–Crippen MR) is 106 cm³/mol. The Hall–Kier alpha value is -2.83. The van der Waals surface area contributed by atoms with Crippen LogP contribution in [0.2, 0.25) is 0 Å². The van der Waals surface area contributed by atoms with Gasteiger partial charge in [-0.05, 0) is 37.3 Å². The monoisotopic (exact) mass is 379 g/mol. The summed E-state index contributed by atoms with van der Waals surface area (Å²) in [5, 5.41) is 0. The number of aryl methyl sites for hydroxylation is 1. The lowest BCUT2D eigenvalue weighted by atomic mass is 9.83. The largest absolute Gasteiger partial charge is 0.423 e. The van der Waals surface area contributed by atoms with Gasteiger partial charge in [-0.1, -0.05) is 12.1 Å². The summed E-state index contributed by atoms with van der Waals surface area (Å²) in [4.78, 5) is 25.7. The summed E-state index contributed by atoms with van der Waals surface area (Å²) < 4.78 is 8.04. The number of hydrogen-bond donors (Lipinski definition) is 0. The Balaban J connectivity index is 1.25. The van der Waals surface area contributed by atoms with E-state index in [4.69, 9.17) is 4.42 Å². The van der Waals surface area contributed by atoms with Crippen LogP contribution in [-0.2, 0) is 11.3 Å². The third-order valence-corrected chi connectivity index (χ3v) is 6.07. The van der Waals surface area contributed by atoms with Crippen LogP contribution >= 0.6 is 0 Å². The van der Waals surface area contributed by atoms with Gasteiger partial charge in [-0.3, -0.25) is 4.79 Å². The second kappa shape index (κ2) is 7.30. The highest BCUT2D eigenvalue weighted by Gasteiger charge is 2.39. The number of rotatable bonds is 5. The van der Waals surface area contributed by atoms with Crippen molar-refractivity contribution < 1.29 is 9.21 Å². The number of carbonyl (C=O) groups excluding carboxylic acids is 1. The molecule has 7 heteroatoms. The van der Waals surface area contributed by atoms with Crippen molar-refractivity contribution in [2.24, 2.45) is 5.92 Å². The van der Waals surface area contributed by atoms with E-state index in [9.17, 15) is 4.79 Å². The van der Waals surface area contributed by atoms with Crippen LogP contribution in [0.1, 0.15) is 25.7 Å². The zero-order valence-corrected chi connectivity index (χ0v) is 15.9. The number of nitrogens with zero attached hydrogens (tertiary/aromatic N) is 5. The van der Waals surface area contributed by atoms with Crippen molar-refractivity contribution in [3.8, 4) is 0 Å². The van der Waals surface area contributed by atoms with Crippen LogP contribution in [0.15, 0.2) is 47.4 Å². The number of para-hydroxylation sites is 2. The van der Waals surface area contributed by atoms with E-state index in [1.54, 1.807) is 6.20 Å². The Bertz CT molecular complexity index is 918. The first-order valence-electron chi connectivity index (χ1n) is 10.1. The number of carbonyl (C=O) groups is 1. The number of benzene rings is 1. The zero-order valence-electron chi connectivity index (χ0n) is 15.9. The third-order valence-electron chi connectivity index (χ3n) is 6.07. The van der Waals surface area contributed by atoms with Gasteiger partial charge in [0.05, 0.1) is 6.33 Å². The van der Waals surface area contributed by atoms with Gasteiger partial charge in [-0.2, -0.15) is 4.98 Å². The maximum absolute atomic E-state index is 12.6. The lowest BCUT2D eigenvalue weighted by Crippen LogP contribution is -2.56. The van der Waals surface area contributed by atoms with Crippen molar-refractivity contribution in [1.29, 1.82) is 0 Å². The van der Waals surface area contributed by atoms with Crippen molar-refractivity contribution in [3.63, 3.8) is 0 Å². The van der Waals surface area contributed by atoms with Gasteiger partial charge in [0.25, 0.3) is 6.01 Å². The molecule has 3 aromatic rings. The van der Waals surface area contributed by atoms with Crippen LogP contribution < -0.4 is 4.90 Å². The van der Waals surface area contributed by atoms with E-state index in [-0.39, 0.29) is 0 Å². The van der Waals surface area contributed by atoms with Crippen LogP contribution in [0.25, 0.3) is 11.1 Å². The fraction of sp³-hybridized carbons (Fsp3) is 0.476. The highest BCUT2D eigenvalue weighted by atomic mass is 16.4. The Labute approximate surface area is 164 Å². The molecule has 0 unspecified atom stereocenters. The molecule has 0 saturated carbocycles. The van der Waals surface area contributed by atoms with Gasteiger partial charge >= 0.3 is 0 Å². The normalized spacial score (nSPS) is 22.6. The molecule has 0 N–H and O–H groups in total. The number of anilines is 1. The predicted octanol–water partition coefficient (Wildman–Crippen LogP) is 2.93. The minimum atomic E-state index is 0.308. The van der Waals surface area contributed by atoms with Crippen molar-refractivity contribution in [2.45, 2.75) is 38.3 Å². The van der Waals surface area contributed by atoms with Crippen molar-refractivity contribution in [1.82, 2.24) is 19.4 Å². The maximum atomic E-state index is 12.6. The molecule has 0 bridgehead atoms. The summed E-state index contributed by atoms with van der Waals surface area (Å²) in [6, 6.07) is 8.94. The van der Waals surface area contributed by atoms with Crippen molar-refractivity contribution >= 4 is 23.0 Å². The molecule has 2 aliphatic rings. The maximum Gasteiger partial charge on any atom is 0.298 e. The lowest BCUT2D eigenvalue weighted by molar-refractivity contribution is -0.139. The molecule has 0 radical (unpaired) electrons. The van der Waals surface area contributed by atoms with Crippen LogP contribution in [0.5, 0.6) is 0 Å². The minimum absolute atomic E-state index is 0.308. The average molecular weight is 379 g/mol. The second-order valence-electron chi connectivity index (χ2n) is 7.81. The number of fused-ring (bicyclic) bond motifs is 2. The molecule has 5 rings (SSSR count). The smallest absolute Gasteiger partial charge is 0.298 e. The van der Waals surface area contributed by atoms with Gasteiger partial charge in [0, 0.05) is 51.0 Å². The summed E-state index contributed by atoms with van der Waals surface area (Å²) in [6.07, 6.45) is 9.13. The molecule has 7 nitrogen and oxygen atoms in total. The van der Waals surface area contributed by atoms with Gasteiger partial charge < -0.3 is 18.8 Å². The molecule has 2 saturated heterocycles. The highest BCUT2D eigenvalue weighted by Crippen LogP contribution is 2.34. The van der Waals surface area contributed by atoms with E-state index in [0.717, 1.165) is 56.5 Å². The first-order chi connectivity index (χ1) is 13.8. The van der Waals surface area contributed by atoms with Crippen LogP contribution in [0, 0.1) is 5.92 Å². The fourth-order valence-corrected chi connectivity index (χ4v) is 4.65. The summed E-state index contributed by atoms with van der Waals surface area (Å²) in [7, 11) is 0. The standard InChI is InChI=1S/C21H25N5O2/c27-20-7-6-16-14-25(21-23-17-4-1-2-5-19(17)28-21)12-8-18(16)26(20)11-3-10-24-13-9-22-15-24/h1-2,4-5,9,13,15-16,18H,3,6-8,10-12,14H2/t16-,18+/m1/s1. The van der Waals surface area contributed by atoms with Gasteiger partial charge in [0.2, 0.25) is 5.91 Å². The van der Waals surface area contributed by atoms with Gasteiger partial charge in [0.15, 0.2) is 5.58 Å². The Kier molecular flexibility index (Phi) is 4.50. The summed E-state index contributed by atoms with van der Waals surface area (Å²) in [5.74, 6) is 0.789.